The van der Waals surface area contributed by atoms with Gasteiger partial charge >= 0.3 is 0 Å². The van der Waals surface area contributed by atoms with Crippen LogP contribution in [0.1, 0.15) is 23.7 Å². The van der Waals surface area contributed by atoms with Crippen molar-refractivity contribution in [1.29, 1.82) is 0 Å². The van der Waals surface area contributed by atoms with Gasteiger partial charge < -0.3 is 5.32 Å². The molecule has 1 N–H and O–H groups in total. The van der Waals surface area contributed by atoms with Gasteiger partial charge in [-0.1, -0.05) is 6.92 Å². The van der Waals surface area contributed by atoms with Crippen molar-refractivity contribution in [2.75, 3.05) is 11.8 Å². The van der Waals surface area contributed by atoms with Crippen molar-refractivity contribution in [3.8, 4) is 0 Å². The Hall–Kier alpha value is -1.40. The molecule has 0 saturated carbocycles. The Morgan fingerprint density at radius 1 is 1.45 bits per heavy atom. The maximum atomic E-state index is 13.7. The van der Waals surface area contributed by atoms with Crippen LogP contribution in [0.4, 0.5) is 10.1 Å². The Bertz CT molecular complexity index is 513. The number of halogens is 3. The van der Waals surface area contributed by atoms with E-state index in [0.717, 1.165) is 12.1 Å². The number of alkyl halides is 2. The van der Waals surface area contributed by atoms with Crippen molar-refractivity contribution in [1.82, 2.24) is 5.32 Å². The van der Waals surface area contributed by atoms with Gasteiger partial charge in [0.05, 0.1) is 22.1 Å². The molecule has 1 aromatic carbocycles. The lowest BCUT2D eigenvalue weighted by atomic mass is 10.0. The molecule has 8 heteroatoms. The van der Waals surface area contributed by atoms with Crippen LogP contribution in [0.15, 0.2) is 18.2 Å². The lowest BCUT2D eigenvalue weighted by molar-refractivity contribution is -0.385. The molecule has 0 heterocycles. The molecule has 1 rings (SSSR count). The minimum Gasteiger partial charge on any atom is -0.344 e. The molecule has 0 bridgehead atoms. The maximum Gasteiger partial charge on any atom is 0.272 e. The molecule has 0 fully saturated rings. The number of nitrogens with one attached hydrogen (secondary N) is 1. The second-order valence-electron chi connectivity index (χ2n) is 4.28. The molecule has 20 heavy (non-hydrogen) atoms. The number of hydrogen-bond donors (Lipinski definition) is 1. The molecule has 0 aliphatic carbocycles. The van der Waals surface area contributed by atoms with Crippen LogP contribution in [-0.2, 0) is 0 Å². The van der Waals surface area contributed by atoms with Crippen LogP contribution >= 0.6 is 23.2 Å². The Morgan fingerprint density at radius 3 is 2.45 bits per heavy atom. The average Bonchev–Trinajstić information content (AvgIpc) is 2.44. The molecule has 0 spiro atoms. The number of nitrogens with zero attached hydrogens (tertiary/aromatic N) is 1. The topological polar surface area (TPSA) is 72.2 Å². The maximum absolute atomic E-state index is 13.7. The van der Waals surface area contributed by atoms with Gasteiger partial charge in [0, 0.05) is 17.8 Å². The van der Waals surface area contributed by atoms with Gasteiger partial charge in [-0.15, -0.1) is 23.2 Å². The zero-order valence-corrected chi connectivity index (χ0v) is 12.2. The number of non-ortho nitro benzene ring substituents is 1. The number of amides is 1. The normalized spacial score (nSPS) is 11.2. The zero-order valence-electron chi connectivity index (χ0n) is 10.7. The lowest BCUT2D eigenvalue weighted by Gasteiger charge is -2.29. The Labute approximate surface area is 125 Å². The van der Waals surface area contributed by atoms with Crippen LogP contribution in [0.25, 0.3) is 0 Å². The second kappa shape index (κ2) is 6.85. The van der Waals surface area contributed by atoms with E-state index in [9.17, 15) is 19.3 Å². The first-order valence-corrected chi connectivity index (χ1v) is 6.84. The first-order valence-electron chi connectivity index (χ1n) is 5.77. The summed E-state index contributed by atoms with van der Waals surface area (Å²) in [4.78, 5) is 21.8. The van der Waals surface area contributed by atoms with Gasteiger partial charge in [-0.25, -0.2) is 4.39 Å². The predicted molar refractivity (Wildman–Crippen MR) is 75.0 cm³/mol. The summed E-state index contributed by atoms with van der Waals surface area (Å²) in [6.45, 7) is 1.79. The standard InChI is InChI=1S/C12H13Cl2FN2O3/c1-2-12(6-13,7-14)16-11(18)9-4-3-8(17(19)20)5-10(9)15/h3-5H,2,6-7H2,1H3,(H,16,18). The van der Waals surface area contributed by atoms with Crippen LogP contribution in [0.3, 0.4) is 0 Å². The number of rotatable bonds is 6. The van der Waals surface area contributed by atoms with Crippen LogP contribution in [-0.4, -0.2) is 28.1 Å². The molecule has 0 radical (unpaired) electrons. The molecule has 0 saturated heterocycles. The van der Waals surface area contributed by atoms with Crippen molar-refractivity contribution in [3.63, 3.8) is 0 Å². The quantitative estimate of drug-likeness (QED) is 0.497. The molecule has 110 valence electrons. The summed E-state index contributed by atoms with van der Waals surface area (Å²) in [7, 11) is 0. The van der Waals surface area contributed by atoms with Crippen LogP contribution in [0.5, 0.6) is 0 Å². The summed E-state index contributed by atoms with van der Waals surface area (Å²) in [6, 6.07) is 2.82. The second-order valence-corrected chi connectivity index (χ2v) is 4.81. The Kier molecular flexibility index (Phi) is 5.71. The van der Waals surface area contributed by atoms with Crippen molar-refractivity contribution < 1.29 is 14.1 Å². The molecule has 0 aromatic heterocycles. The monoisotopic (exact) mass is 322 g/mol. The number of carbonyl (C=O) groups is 1. The third-order valence-corrected chi connectivity index (χ3v) is 4.00. The average molecular weight is 323 g/mol. The summed E-state index contributed by atoms with van der Waals surface area (Å²) in [5.41, 5.74) is -1.55. The van der Waals surface area contributed by atoms with Gasteiger partial charge in [0.25, 0.3) is 11.6 Å². The highest BCUT2D eigenvalue weighted by Crippen LogP contribution is 2.19. The number of hydrogen-bond acceptors (Lipinski definition) is 3. The van der Waals surface area contributed by atoms with Crippen molar-refractivity contribution >= 4 is 34.8 Å². The molecule has 0 aliphatic heterocycles. The van der Waals surface area contributed by atoms with E-state index in [4.69, 9.17) is 23.2 Å². The largest absolute Gasteiger partial charge is 0.344 e. The van der Waals surface area contributed by atoms with Crippen LogP contribution in [0.2, 0.25) is 0 Å². The number of nitro benzene ring substituents is 1. The lowest BCUT2D eigenvalue weighted by Crippen LogP contribution is -2.51. The number of benzene rings is 1. The third kappa shape index (κ3) is 3.58. The van der Waals surface area contributed by atoms with Gasteiger partial charge in [0.1, 0.15) is 5.82 Å². The predicted octanol–water partition coefficient (Wildman–Crippen LogP) is 3.09. The molecule has 0 atom stereocenters. The van der Waals surface area contributed by atoms with Gasteiger partial charge in [-0.3, -0.25) is 14.9 Å². The van der Waals surface area contributed by atoms with Crippen LogP contribution in [0, 0.1) is 15.9 Å². The van der Waals surface area contributed by atoms with E-state index in [-0.39, 0.29) is 17.3 Å². The molecular formula is C12H13Cl2FN2O3. The van der Waals surface area contributed by atoms with Gasteiger partial charge in [-0.2, -0.15) is 0 Å². The minimum atomic E-state index is -0.967. The molecule has 1 amide bonds. The Balaban J connectivity index is 3.01. The highest BCUT2D eigenvalue weighted by molar-refractivity contribution is 6.22. The molecular weight excluding hydrogens is 310 g/mol. The van der Waals surface area contributed by atoms with Gasteiger partial charge in [-0.05, 0) is 12.5 Å². The highest BCUT2D eigenvalue weighted by atomic mass is 35.5. The SMILES string of the molecule is CCC(CCl)(CCl)NC(=O)c1ccc([N+](=O)[O-])cc1F. The van der Waals surface area contributed by atoms with E-state index in [2.05, 4.69) is 5.32 Å². The van der Waals surface area contributed by atoms with Crippen LogP contribution < -0.4 is 5.32 Å². The van der Waals surface area contributed by atoms with E-state index < -0.39 is 27.9 Å². The first-order chi connectivity index (χ1) is 9.39. The van der Waals surface area contributed by atoms with E-state index in [1.165, 1.54) is 0 Å². The third-order valence-electron chi connectivity index (χ3n) is 2.98. The van der Waals surface area contributed by atoms with Crippen molar-refractivity contribution in [2.24, 2.45) is 0 Å². The summed E-state index contributed by atoms with van der Waals surface area (Å²) in [5.74, 6) is -1.52. The fourth-order valence-corrected chi connectivity index (χ4v) is 2.29. The molecule has 1 aromatic rings. The molecule has 5 nitrogen and oxygen atoms in total. The van der Waals surface area contributed by atoms with Gasteiger partial charge in [0.2, 0.25) is 0 Å². The fraction of sp³-hybridized carbons (Fsp3) is 0.417. The summed E-state index contributed by atoms with van der Waals surface area (Å²) in [6.07, 6.45) is 0.473. The van der Waals surface area contributed by atoms with E-state index >= 15 is 0 Å². The molecule has 0 aliphatic rings. The smallest absolute Gasteiger partial charge is 0.272 e. The summed E-state index contributed by atoms with van der Waals surface area (Å²) >= 11 is 11.6. The van der Waals surface area contributed by atoms with Crippen molar-refractivity contribution in [2.45, 2.75) is 18.9 Å². The first kappa shape index (κ1) is 16.7. The summed E-state index contributed by atoms with van der Waals surface area (Å²) in [5, 5.41) is 13.1. The van der Waals surface area contributed by atoms with E-state index in [0.29, 0.717) is 12.5 Å². The zero-order chi connectivity index (χ0) is 15.3. The Morgan fingerprint density at radius 2 is 2.05 bits per heavy atom. The minimum absolute atomic E-state index is 0.0767. The fourth-order valence-electron chi connectivity index (χ4n) is 1.49. The van der Waals surface area contributed by atoms with E-state index in [1.807, 2.05) is 0 Å². The summed E-state index contributed by atoms with van der Waals surface area (Å²) < 4.78 is 13.7. The number of carbonyl (C=O) groups excluding carboxylic acids is 1. The number of nitro groups is 1. The van der Waals surface area contributed by atoms with E-state index in [1.54, 1.807) is 6.92 Å². The highest BCUT2D eigenvalue weighted by Gasteiger charge is 2.29. The molecule has 0 unspecified atom stereocenters. The van der Waals surface area contributed by atoms with Crippen molar-refractivity contribution in [3.05, 3.63) is 39.7 Å². The van der Waals surface area contributed by atoms with Gasteiger partial charge in [0.15, 0.2) is 0 Å².